The van der Waals surface area contributed by atoms with Crippen molar-refractivity contribution in [3.63, 3.8) is 0 Å². The van der Waals surface area contributed by atoms with E-state index in [1.165, 1.54) is 17.2 Å². The molecule has 0 unspecified atom stereocenters. The second-order valence-corrected chi connectivity index (χ2v) is 8.76. The minimum atomic E-state index is -1.14. The van der Waals surface area contributed by atoms with Crippen molar-refractivity contribution in [3.8, 4) is 17.2 Å². The largest absolute Gasteiger partial charge is 0.507 e. The van der Waals surface area contributed by atoms with Crippen molar-refractivity contribution in [2.24, 2.45) is 0 Å². The molecule has 2 aromatic carbocycles. The first-order valence-corrected chi connectivity index (χ1v) is 10.3. The molecule has 30 heavy (non-hydrogen) atoms. The number of fused-ring (bicyclic) bond motifs is 2. The van der Waals surface area contributed by atoms with Gasteiger partial charge in [-0.05, 0) is 69.7 Å². The maximum atomic E-state index is 12.4. The summed E-state index contributed by atoms with van der Waals surface area (Å²) in [6, 6.07) is 4.92. The molecule has 0 heterocycles. The van der Waals surface area contributed by atoms with Gasteiger partial charge in [0.1, 0.15) is 23.9 Å². The summed E-state index contributed by atoms with van der Waals surface area (Å²) < 4.78 is 5.79. The topological polar surface area (TPSA) is 87.0 Å². The fraction of sp³-hybridized carbons (Fsp3) is 0.400. The van der Waals surface area contributed by atoms with Gasteiger partial charge in [-0.2, -0.15) is 0 Å². The van der Waals surface area contributed by atoms with Crippen LogP contribution in [0.3, 0.4) is 0 Å². The van der Waals surface area contributed by atoms with E-state index in [9.17, 15) is 20.1 Å². The first-order chi connectivity index (χ1) is 14.1. The van der Waals surface area contributed by atoms with Gasteiger partial charge in [0, 0.05) is 18.9 Å². The molecule has 1 aliphatic rings. The summed E-state index contributed by atoms with van der Waals surface area (Å²) in [5, 5.41) is 32.3. The molecule has 0 amide bonds. The predicted molar refractivity (Wildman–Crippen MR) is 118 cm³/mol. The highest BCUT2D eigenvalue weighted by molar-refractivity contribution is 6.09. The zero-order valence-corrected chi connectivity index (χ0v) is 18.1. The van der Waals surface area contributed by atoms with E-state index in [0.717, 1.165) is 12.8 Å². The average molecular weight is 411 g/mol. The lowest BCUT2D eigenvalue weighted by atomic mass is 9.79. The Morgan fingerprint density at radius 2 is 1.87 bits per heavy atom. The molecule has 3 rings (SSSR count). The van der Waals surface area contributed by atoms with E-state index in [4.69, 9.17) is 4.74 Å². The predicted octanol–water partition coefficient (Wildman–Crippen LogP) is 5.20. The minimum absolute atomic E-state index is 0.0552. The van der Waals surface area contributed by atoms with E-state index in [1.807, 2.05) is 6.08 Å². The number of hydrogen-bond donors (Lipinski definition) is 3. The standard InChI is InChI=1S/C25H30O5/c1-15(2)6-5-7-16(3)8-9-30-19-11-17-10-18-13-25(4,29)14-21(27)23(18)24(28)22(17)20(26)12-19/h6,8,10-12,26,28-29H,5,7,9,13-14H2,1-4H3/b16-8-/t25-/m1/s1. The summed E-state index contributed by atoms with van der Waals surface area (Å²) in [6.45, 7) is 8.21. The first-order valence-electron chi connectivity index (χ1n) is 10.3. The smallest absolute Gasteiger partial charge is 0.169 e. The summed E-state index contributed by atoms with van der Waals surface area (Å²) in [5.74, 6) is -0.227. The lowest BCUT2D eigenvalue weighted by Gasteiger charge is -2.29. The quantitative estimate of drug-likeness (QED) is 0.570. The van der Waals surface area contributed by atoms with Crippen molar-refractivity contribution in [3.05, 3.63) is 52.6 Å². The Morgan fingerprint density at radius 3 is 2.57 bits per heavy atom. The minimum Gasteiger partial charge on any atom is -0.507 e. The Bertz CT molecular complexity index is 1040. The number of Topliss-reactive ketones (excluding diaryl/α,β-unsaturated/α-hetero) is 1. The van der Waals surface area contributed by atoms with Crippen LogP contribution in [0.2, 0.25) is 0 Å². The SMILES string of the molecule is CC(C)=CCC/C(C)=C\COc1cc(O)c2c(O)c3c(cc2c1)C[C@@](C)(O)CC3=O. The Kier molecular flexibility index (Phi) is 6.22. The van der Waals surface area contributed by atoms with Gasteiger partial charge in [0.2, 0.25) is 0 Å². The van der Waals surface area contributed by atoms with Crippen LogP contribution < -0.4 is 4.74 Å². The van der Waals surface area contributed by atoms with Crippen LogP contribution in [-0.2, 0) is 6.42 Å². The van der Waals surface area contributed by atoms with Crippen molar-refractivity contribution in [1.29, 1.82) is 0 Å². The summed E-state index contributed by atoms with van der Waals surface area (Å²) in [4.78, 5) is 12.4. The number of benzene rings is 2. The average Bonchev–Trinajstić information content (AvgIpc) is 2.59. The van der Waals surface area contributed by atoms with Crippen LogP contribution in [0.5, 0.6) is 17.2 Å². The molecule has 1 aliphatic carbocycles. The van der Waals surface area contributed by atoms with E-state index in [-0.39, 0.29) is 41.1 Å². The highest BCUT2D eigenvalue weighted by Gasteiger charge is 2.35. The molecule has 0 aromatic heterocycles. The van der Waals surface area contributed by atoms with Crippen molar-refractivity contribution < 1.29 is 24.9 Å². The van der Waals surface area contributed by atoms with Gasteiger partial charge in [0.05, 0.1) is 16.6 Å². The van der Waals surface area contributed by atoms with Gasteiger partial charge in [-0.1, -0.05) is 17.2 Å². The van der Waals surface area contributed by atoms with Crippen LogP contribution in [-0.4, -0.2) is 33.3 Å². The molecule has 0 radical (unpaired) electrons. The molecular weight excluding hydrogens is 380 g/mol. The molecule has 0 saturated heterocycles. The van der Waals surface area contributed by atoms with Gasteiger partial charge in [-0.25, -0.2) is 0 Å². The number of ether oxygens (including phenoxy) is 1. The van der Waals surface area contributed by atoms with Crippen LogP contribution in [0.4, 0.5) is 0 Å². The number of ketones is 1. The molecular formula is C25H30O5. The number of phenolic OH excluding ortho intramolecular Hbond substituents is 2. The lowest BCUT2D eigenvalue weighted by Crippen LogP contribution is -2.35. The van der Waals surface area contributed by atoms with E-state index in [1.54, 1.807) is 19.1 Å². The summed E-state index contributed by atoms with van der Waals surface area (Å²) in [6.07, 6.45) is 6.38. The highest BCUT2D eigenvalue weighted by Crippen LogP contribution is 2.43. The molecule has 0 saturated carbocycles. The Balaban J connectivity index is 1.84. The Hall–Kier alpha value is -2.79. The zero-order valence-electron chi connectivity index (χ0n) is 18.1. The van der Waals surface area contributed by atoms with Crippen molar-refractivity contribution in [2.75, 3.05) is 6.61 Å². The number of phenols is 2. The van der Waals surface area contributed by atoms with Crippen LogP contribution in [0.1, 0.15) is 62.9 Å². The van der Waals surface area contributed by atoms with E-state index >= 15 is 0 Å². The summed E-state index contributed by atoms with van der Waals surface area (Å²) in [7, 11) is 0. The number of carbonyl (C=O) groups is 1. The normalized spacial score (nSPS) is 19.0. The molecule has 0 spiro atoms. The third kappa shape index (κ3) is 4.85. The Morgan fingerprint density at radius 1 is 1.13 bits per heavy atom. The molecule has 5 nitrogen and oxygen atoms in total. The van der Waals surface area contributed by atoms with Crippen LogP contribution in [0.15, 0.2) is 41.5 Å². The maximum Gasteiger partial charge on any atom is 0.169 e. The molecule has 160 valence electrons. The van der Waals surface area contributed by atoms with E-state index in [2.05, 4.69) is 26.8 Å². The number of hydrogen-bond acceptors (Lipinski definition) is 5. The fourth-order valence-corrected chi connectivity index (χ4v) is 3.94. The first kappa shape index (κ1) is 21.9. The van der Waals surface area contributed by atoms with Gasteiger partial charge < -0.3 is 20.1 Å². The maximum absolute atomic E-state index is 12.4. The monoisotopic (exact) mass is 410 g/mol. The number of rotatable bonds is 6. The van der Waals surface area contributed by atoms with E-state index in [0.29, 0.717) is 23.3 Å². The highest BCUT2D eigenvalue weighted by atomic mass is 16.5. The van der Waals surface area contributed by atoms with Gasteiger partial charge >= 0.3 is 0 Å². The molecule has 2 aromatic rings. The van der Waals surface area contributed by atoms with Crippen LogP contribution >= 0.6 is 0 Å². The molecule has 0 aliphatic heterocycles. The van der Waals surface area contributed by atoms with Gasteiger partial charge in [0.25, 0.3) is 0 Å². The molecule has 0 fully saturated rings. The van der Waals surface area contributed by atoms with Crippen molar-refractivity contribution in [1.82, 2.24) is 0 Å². The molecule has 3 N–H and O–H groups in total. The molecule has 5 heteroatoms. The van der Waals surface area contributed by atoms with E-state index < -0.39 is 5.60 Å². The van der Waals surface area contributed by atoms with Crippen LogP contribution in [0, 0.1) is 0 Å². The molecule has 1 atom stereocenters. The van der Waals surface area contributed by atoms with Crippen molar-refractivity contribution >= 4 is 16.6 Å². The second kappa shape index (κ2) is 8.52. The molecule has 0 bridgehead atoms. The Labute approximate surface area is 177 Å². The fourth-order valence-electron chi connectivity index (χ4n) is 3.94. The van der Waals surface area contributed by atoms with Crippen LogP contribution in [0.25, 0.3) is 10.8 Å². The lowest BCUT2D eigenvalue weighted by molar-refractivity contribution is 0.0409. The number of carbonyl (C=O) groups excluding carboxylic acids is 1. The zero-order chi connectivity index (χ0) is 22.1. The second-order valence-electron chi connectivity index (χ2n) is 8.76. The number of aromatic hydroxyl groups is 2. The van der Waals surface area contributed by atoms with Gasteiger partial charge in [0.15, 0.2) is 5.78 Å². The number of allylic oxidation sites excluding steroid dienone is 3. The third-order valence-corrected chi connectivity index (χ3v) is 5.41. The van der Waals surface area contributed by atoms with Gasteiger partial charge in [-0.15, -0.1) is 0 Å². The number of aliphatic hydroxyl groups is 1. The van der Waals surface area contributed by atoms with Crippen molar-refractivity contribution in [2.45, 2.75) is 59.0 Å². The third-order valence-electron chi connectivity index (χ3n) is 5.41. The van der Waals surface area contributed by atoms with Gasteiger partial charge in [-0.3, -0.25) is 4.79 Å². The summed E-state index contributed by atoms with van der Waals surface area (Å²) >= 11 is 0. The summed E-state index contributed by atoms with van der Waals surface area (Å²) in [5.41, 5.74) is 2.15.